The smallest absolute Gasteiger partial charge is 0.464 e. The van der Waals surface area contributed by atoms with Crippen LogP contribution in [-0.2, 0) is 21.2 Å². The highest BCUT2D eigenvalue weighted by molar-refractivity contribution is 7.89. The fourth-order valence-corrected chi connectivity index (χ4v) is 4.93. The van der Waals surface area contributed by atoms with E-state index in [1.165, 1.54) is 18.4 Å². The highest BCUT2D eigenvalue weighted by Crippen LogP contribution is 2.25. The summed E-state index contributed by atoms with van der Waals surface area (Å²) in [6, 6.07) is 12.0. The number of hydrogen-bond acceptors (Lipinski definition) is 6. The van der Waals surface area contributed by atoms with Gasteiger partial charge in [-0.05, 0) is 43.5 Å². The van der Waals surface area contributed by atoms with E-state index in [9.17, 15) is 23.3 Å². The van der Waals surface area contributed by atoms with Gasteiger partial charge in [-0.25, -0.2) is 8.42 Å². The predicted molar refractivity (Wildman–Crippen MR) is 122 cm³/mol. The molecule has 0 saturated carbocycles. The van der Waals surface area contributed by atoms with E-state index in [0.29, 0.717) is 11.1 Å². The lowest BCUT2D eigenvalue weighted by Crippen LogP contribution is -2.51. The molecule has 3 rings (SSSR count). The number of likely N-dealkylation sites (N-methyl/N-ethyl adjacent to an activating group) is 1. The maximum absolute atomic E-state index is 12.9. The number of furan rings is 1. The average molecular weight is 458 g/mol. The SMILES string of the molecule is CCN(CC(=O)NC(Cc1coc2c(C)cccc12)B(O)O)S(=O)(=O)c1ccc(C)cc1. The van der Waals surface area contributed by atoms with E-state index in [2.05, 4.69) is 5.32 Å². The molecule has 1 unspecified atom stereocenters. The van der Waals surface area contributed by atoms with Crippen molar-refractivity contribution >= 4 is 34.0 Å². The van der Waals surface area contributed by atoms with E-state index >= 15 is 0 Å². The summed E-state index contributed by atoms with van der Waals surface area (Å²) in [6.45, 7) is 5.04. The molecule has 0 fully saturated rings. The van der Waals surface area contributed by atoms with Crippen molar-refractivity contribution in [3.8, 4) is 0 Å². The molecule has 170 valence electrons. The highest BCUT2D eigenvalue weighted by Gasteiger charge is 2.30. The number of carbonyl (C=O) groups is 1. The van der Waals surface area contributed by atoms with Crippen molar-refractivity contribution in [2.24, 2.45) is 0 Å². The van der Waals surface area contributed by atoms with Gasteiger partial charge in [0.05, 0.1) is 23.6 Å². The number of aryl methyl sites for hydroxylation is 2. The minimum absolute atomic E-state index is 0.0849. The minimum atomic E-state index is -3.87. The molecule has 1 heterocycles. The minimum Gasteiger partial charge on any atom is -0.464 e. The van der Waals surface area contributed by atoms with Crippen molar-refractivity contribution < 1.29 is 27.7 Å². The van der Waals surface area contributed by atoms with Crippen LogP contribution in [0.5, 0.6) is 0 Å². The van der Waals surface area contributed by atoms with Crippen molar-refractivity contribution in [3.05, 3.63) is 65.4 Å². The lowest BCUT2D eigenvalue weighted by molar-refractivity contribution is -0.121. The second-order valence-corrected chi connectivity index (χ2v) is 9.69. The first kappa shape index (κ1) is 24.0. The number of hydrogen-bond donors (Lipinski definition) is 3. The van der Waals surface area contributed by atoms with E-state index in [1.807, 2.05) is 32.0 Å². The first-order valence-corrected chi connectivity index (χ1v) is 11.8. The molecule has 0 aliphatic carbocycles. The predicted octanol–water partition coefficient (Wildman–Crippen LogP) is 1.80. The van der Waals surface area contributed by atoms with Gasteiger partial charge in [0.15, 0.2) is 0 Å². The van der Waals surface area contributed by atoms with Crippen LogP contribution in [-0.4, -0.2) is 54.8 Å². The van der Waals surface area contributed by atoms with Gasteiger partial charge >= 0.3 is 7.12 Å². The summed E-state index contributed by atoms with van der Waals surface area (Å²) in [5, 5.41) is 23.0. The second-order valence-electron chi connectivity index (χ2n) is 7.75. The van der Waals surface area contributed by atoms with Gasteiger partial charge in [-0.3, -0.25) is 4.79 Å². The fraction of sp³-hybridized carbons (Fsp3) is 0.318. The average Bonchev–Trinajstić information content (AvgIpc) is 3.16. The van der Waals surface area contributed by atoms with E-state index in [1.54, 1.807) is 19.1 Å². The van der Waals surface area contributed by atoms with Crippen LogP contribution in [0.25, 0.3) is 11.0 Å². The first-order valence-electron chi connectivity index (χ1n) is 10.3. The normalized spacial score (nSPS) is 12.8. The Bertz CT molecular complexity index is 1190. The Morgan fingerprint density at radius 1 is 1.16 bits per heavy atom. The lowest BCUT2D eigenvalue weighted by Gasteiger charge is -2.22. The first-order chi connectivity index (χ1) is 15.1. The van der Waals surface area contributed by atoms with Crippen LogP contribution in [0.15, 0.2) is 58.0 Å². The van der Waals surface area contributed by atoms with Gasteiger partial charge in [0.25, 0.3) is 0 Å². The van der Waals surface area contributed by atoms with Gasteiger partial charge in [0.2, 0.25) is 15.9 Å². The van der Waals surface area contributed by atoms with Gasteiger partial charge in [-0.1, -0.05) is 42.8 Å². The van der Waals surface area contributed by atoms with Crippen molar-refractivity contribution in [1.29, 1.82) is 0 Å². The molecular weight excluding hydrogens is 431 g/mol. The van der Waals surface area contributed by atoms with Crippen molar-refractivity contribution in [1.82, 2.24) is 9.62 Å². The second kappa shape index (κ2) is 9.87. The maximum Gasteiger partial charge on any atom is 0.475 e. The van der Waals surface area contributed by atoms with Gasteiger partial charge in [-0.15, -0.1) is 0 Å². The Hall–Kier alpha value is -2.66. The Morgan fingerprint density at radius 3 is 2.47 bits per heavy atom. The Kier molecular flexibility index (Phi) is 7.40. The summed E-state index contributed by atoms with van der Waals surface area (Å²) in [5.74, 6) is -1.67. The quantitative estimate of drug-likeness (QED) is 0.421. The van der Waals surface area contributed by atoms with Gasteiger partial charge in [-0.2, -0.15) is 4.31 Å². The molecule has 0 aliphatic rings. The lowest BCUT2D eigenvalue weighted by atomic mass is 9.76. The summed E-state index contributed by atoms with van der Waals surface area (Å²) >= 11 is 0. The summed E-state index contributed by atoms with van der Waals surface area (Å²) in [4.78, 5) is 12.7. The summed E-state index contributed by atoms with van der Waals surface area (Å²) < 4.78 is 32.4. The Labute approximate surface area is 188 Å². The monoisotopic (exact) mass is 458 g/mol. The molecule has 10 heteroatoms. The molecule has 32 heavy (non-hydrogen) atoms. The molecule has 1 aromatic heterocycles. The van der Waals surface area contributed by atoms with E-state index in [4.69, 9.17) is 4.42 Å². The number of rotatable bonds is 9. The third-order valence-electron chi connectivity index (χ3n) is 5.35. The molecule has 0 saturated heterocycles. The largest absolute Gasteiger partial charge is 0.475 e. The van der Waals surface area contributed by atoms with Crippen molar-refractivity contribution in [2.75, 3.05) is 13.1 Å². The molecule has 0 aliphatic heterocycles. The molecular formula is C22H27BN2O6S. The van der Waals surface area contributed by atoms with Crippen LogP contribution in [0.1, 0.15) is 23.6 Å². The number of carbonyl (C=O) groups excluding carboxylic acids is 1. The maximum atomic E-state index is 12.9. The summed E-state index contributed by atoms with van der Waals surface area (Å²) in [5.41, 5.74) is 3.27. The van der Waals surface area contributed by atoms with Gasteiger partial charge in [0, 0.05) is 11.9 Å². The molecule has 1 atom stereocenters. The summed E-state index contributed by atoms with van der Waals surface area (Å²) in [6.07, 6.45) is 1.64. The number of sulfonamides is 1. The standard InChI is InChI=1S/C22H27BN2O6S/c1-4-25(32(29,30)18-10-8-15(2)9-11-18)13-21(26)24-20(23(27)28)12-17-14-31-22-16(3)6-5-7-19(17)22/h5-11,14,20,27-28H,4,12-13H2,1-3H3,(H,24,26). The number of nitrogens with one attached hydrogen (secondary N) is 1. The third-order valence-corrected chi connectivity index (χ3v) is 7.29. The topological polar surface area (TPSA) is 120 Å². The molecule has 3 N–H and O–H groups in total. The number of benzene rings is 2. The van der Waals surface area contributed by atoms with E-state index in [0.717, 1.165) is 20.8 Å². The molecule has 3 aromatic rings. The zero-order chi connectivity index (χ0) is 23.5. The third kappa shape index (κ3) is 5.21. The van der Waals surface area contributed by atoms with Crippen molar-refractivity contribution in [3.63, 3.8) is 0 Å². The van der Waals surface area contributed by atoms with Crippen LogP contribution in [0, 0.1) is 13.8 Å². The van der Waals surface area contributed by atoms with Crippen LogP contribution in [0.2, 0.25) is 0 Å². The number of fused-ring (bicyclic) bond motifs is 1. The zero-order valence-corrected chi connectivity index (χ0v) is 19.1. The number of para-hydroxylation sites is 1. The zero-order valence-electron chi connectivity index (χ0n) is 18.3. The van der Waals surface area contributed by atoms with E-state index in [-0.39, 0.29) is 17.9 Å². The number of nitrogens with zero attached hydrogens (tertiary/aromatic N) is 1. The van der Waals surface area contributed by atoms with Crippen LogP contribution >= 0.6 is 0 Å². The van der Waals surface area contributed by atoms with Crippen LogP contribution in [0.3, 0.4) is 0 Å². The fourth-order valence-electron chi connectivity index (χ4n) is 3.52. The summed E-state index contributed by atoms with van der Waals surface area (Å²) in [7, 11) is -5.71. The van der Waals surface area contributed by atoms with E-state index < -0.39 is 35.5 Å². The highest BCUT2D eigenvalue weighted by atomic mass is 32.2. The molecule has 8 nitrogen and oxygen atoms in total. The van der Waals surface area contributed by atoms with Crippen LogP contribution in [0.4, 0.5) is 0 Å². The molecule has 0 spiro atoms. The molecule has 2 aromatic carbocycles. The Balaban J connectivity index is 1.73. The Morgan fingerprint density at radius 2 is 1.84 bits per heavy atom. The van der Waals surface area contributed by atoms with Gasteiger partial charge in [0.1, 0.15) is 5.58 Å². The van der Waals surface area contributed by atoms with Gasteiger partial charge < -0.3 is 19.8 Å². The molecule has 0 bridgehead atoms. The van der Waals surface area contributed by atoms with Crippen molar-refractivity contribution in [2.45, 2.75) is 38.0 Å². The molecule has 0 radical (unpaired) electrons. The van der Waals surface area contributed by atoms with Crippen LogP contribution < -0.4 is 5.32 Å². The number of amides is 1. The molecule has 1 amide bonds.